The van der Waals surface area contributed by atoms with E-state index < -0.39 is 0 Å². The van der Waals surface area contributed by atoms with E-state index in [0.717, 1.165) is 24.5 Å². The Bertz CT molecular complexity index is 616. The predicted octanol–water partition coefficient (Wildman–Crippen LogP) is 2.40. The second-order valence-electron chi connectivity index (χ2n) is 7.49. The van der Waals surface area contributed by atoms with E-state index in [1.165, 1.54) is 18.9 Å². The van der Waals surface area contributed by atoms with Gasteiger partial charge in [0.1, 0.15) is 5.82 Å². The van der Waals surface area contributed by atoms with Gasteiger partial charge in [-0.1, -0.05) is 6.07 Å². The van der Waals surface area contributed by atoms with Gasteiger partial charge < -0.3 is 25.4 Å². The van der Waals surface area contributed by atoms with E-state index in [4.69, 9.17) is 4.74 Å². The summed E-state index contributed by atoms with van der Waals surface area (Å²) in [5.41, 5.74) is 1.28. The first kappa shape index (κ1) is 19.9. The molecule has 1 aromatic carbocycles. The Balaban J connectivity index is 1.33. The van der Waals surface area contributed by atoms with Crippen molar-refractivity contribution in [3.63, 3.8) is 0 Å². The maximum Gasteiger partial charge on any atom is 0.315 e. The van der Waals surface area contributed by atoms with E-state index >= 15 is 0 Å². The van der Waals surface area contributed by atoms with Crippen LogP contribution in [-0.4, -0.2) is 50.1 Å². The number of halogens is 1. The van der Waals surface area contributed by atoms with Crippen LogP contribution in [0.4, 0.5) is 14.9 Å². The summed E-state index contributed by atoms with van der Waals surface area (Å²) in [5.74, 6) is 0.466. The number of benzene rings is 1. The van der Waals surface area contributed by atoms with Gasteiger partial charge in [0.2, 0.25) is 0 Å². The lowest BCUT2D eigenvalue weighted by Gasteiger charge is -2.31. The Morgan fingerprint density at radius 2 is 2.00 bits per heavy atom. The first-order valence-electron chi connectivity index (χ1n) is 9.92. The van der Waals surface area contributed by atoms with Gasteiger partial charge >= 0.3 is 6.03 Å². The standard InChI is InChI=1S/C20H30FN3O3/c21-18-12-16(4-5-19(18)24-9-6-17(25)7-10-24)13-23-20(26)22-8-1-11-27-14-15-2-3-15/h4-5,12,15,17,25H,1-3,6-11,13-14H2,(H2,22,23,26). The van der Waals surface area contributed by atoms with Crippen LogP contribution in [0.2, 0.25) is 0 Å². The molecule has 0 unspecified atom stereocenters. The van der Waals surface area contributed by atoms with Gasteiger partial charge in [-0.25, -0.2) is 9.18 Å². The molecule has 0 radical (unpaired) electrons. The topological polar surface area (TPSA) is 73.8 Å². The molecule has 0 aromatic heterocycles. The van der Waals surface area contributed by atoms with Crippen LogP contribution in [0, 0.1) is 11.7 Å². The van der Waals surface area contributed by atoms with Crippen LogP contribution in [0.25, 0.3) is 0 Å². The highest BCUT2D eigenvalue weighted by molar-refractivity contribution is 5.73. The number of nitrogens with one attached hydrogen (secondary N) is 2. The summed E-state index contributed by atoms with van der Waals surface area (Å²) in [6.07, 6.45) is 4.39. The highest BCUT2D eigenvalue weighted by atomic mass is 19.1. The zero-order valence-electron chi connectivity index (χ0n) is 15.8. The fourth-order valence-corrected chi connectivity index (χ4v) is 3.18. The van der Waals surface area contributed by atoms with Gasteiger partial charge in [0.25, 0.3) is 0 Å². The largest absolute Gasteiger partial charge is 0.393 e. The third-order valence-corrected chi connectivity index (χ3v) is 5.07. The van der Waals surface area contributed by atoms with Crippen molar-refractivity contribution in [1.29, 1.82) is 0 Å². The highest BCUT2D eigenvalue weighted by Gasteiger charge is 2.21. The Morgan fingerprint density at radius 3 is 2.70 bits per heavy atom. The molecule has 1 heterocycles. The quantitative estimate of drug-likeness (QED) is 0.576. The number of piperidine rings is 1. The maximum absolute atomic E-state index is 14.4. The smallest absolute Gasteiger partial charge is 0.315 e. The number of aliphatic hydroxyl groups excluding tert-OH is 1. The second-order valence-corrected chi connectivity index (χ2v) is 7.49. The second kappa shape index (κ2) is 9.90. The van der Waals surface area contributed by atoms with E-state index in [0.29, 0.717) is 44.8 Å². The summed E-state index contributed by atoms with van der Waals surface area (Å²) in [6, 6.07) is 4.78. The number of amides is 2. The van der Waals surface area contributed by atoms with Gasteiger partial charge in [0.15, 0.2) is 0 Å². The molecule has 0 atom stereocenters. The lowest BCUT2D eigenvalue weighted by molar-refractivity contribution is 0.122. The number of hydrogen-bond acceptors (Lipinski definition) is 4. The Hall–Kier alpha value is -1.86. The summed E-state index contributed by atoms with van der Waals surface area (Å²) in [5, 5.41) is 15.1. The van der Waals surface area contributed by atoms with E-state index in [1.807, 2.05) is 11.0 Å². The van der Waals surface area contributed by atoms with Crippen LogP contribution in [0.5, 0.6) is 0 Å². The molecule has 1 aromatic rings. The third kappa shape index (κ3) is 6.66. The molecule has 0 bridgehead atoms. The van der Waals surface area contributed by atoms with Gasteiger partial charge in [0.05, 0.1) is 11.8 Å². The summed E-state index contributed by atoms with van der Waals surface area (Å²) in [6.45, 7) is 3.65. The molecule has 1 saturated carbocycles. The van der Waals surface area contributed by atoms with Gasteiger partial charge in [-0.3, -0.25) is 0 Å². The molecule has 3 rings (SSSR count). The molecular formula is C20H30FN3O3. The fraction of sp³-hybridized carbons (Fsp3) is 0.650. The number of carbonyl (C=O) groups excluding carboxylic acids is 1. The first-order chi connectivity index (χ1) is 13.1. The van der Waals surface area contributed by atoms with Crippen molar-refractivity contribution >= 4 is 11.7 Å². The van der Waals surface area contributed by atoms with E-state index in [-0.39, 0.29) is 24.5 Å². The van der Waals surface area contributed by atoms with Crippen molar-refractivity contribution in [1.82, 2.24) is 10.6 Å². The number of ether oxygens (including phenoxy) is 1. The number of nitrogens with zero attached hydrogens (tertiary/aromatic N) is 1. The van der Waals surface area contributed by atoms with Crippen molar-refractivity contribution in [3.05, 3.63) is 29.6 Å². The predicted molar refractivity (Wildman–Crippen MR) is 102 cm³/mol. The molecule has 0 spiro atoms. The molecule has 2 aliphatic rings. The van der Waals surface area contributed by atoms with Crippen molar-refractivity contribution in [2.45, 2.75) is 44.8 Å². The molecular weight excluding hydrogens is 349 g/mol. The zero-order chi connectivity index (χ0) is 19.1. The summed E-state index contributed by atoms with van der Waals surface area (Å²) in [7, 11) is 0. The number of carbonyl (C=O) groups is 1. The van der Waals surface area contributed by atoms with E-state index in [1.54, 1.807) is 6.07 Å². The average Bonchev–Trinajstić information content (AvgIpc) is 3.48. The van der Waals surface area contributed by atoms with Gasteiger partial charge in [0, 0.05) is 39.4 Å². The molecule has 2 amide bonds. The van der Waals surface area contributed by atoms with Crippen molar-refractivity contribution in [2.24, 2.45) is 5.92 Å². The molecule has 3 N–H and O–H groups in total. The number of rotatable bonds is 9. The molecule has 1 saturated heterocycles. The normalized spacial score (nSPS) is 17.8. The van der Waals surface area contributed by atoms with Crippen LogP contribution < -0.4 is 15.5 Å². The fourth-order valence-electron chi connectivity index (χ4n) is 3.18. The molecule has 1 aliphatic carbocycles. The van der Waals surface area contributed by atoms with Crippen LogP contribution in [0.1, 0.15) is 37.7 Å². The first-order valence-corrected chi connectivity index (χ1v) is 9.92. The van der Waals surface area contributed by atoms with Crippen molar-refractivity contribution < 1.29 is 19.0 Å². The average molecular weight is 379 g/mol. The highest BCUT2D eigenvalue weighted by Crippen LogP contribution is 2.28. The number of aliphatic hydroxyl groups is 1. The monoisotopic (exact) mass is 379 g/mol. The zero-order valence-corrected chi connectivity index (χ0v) is 15.8. The Labute approximate surface area is 160 Å². The maximum atomic E-state index is 14.4. The van der Waals surface area contributed by atoms with E-state index in [9.17, 15) is 14.3 Å². The molecule has 6 nitrogen and oxygen atoms in total. The van der Waals surface area contributed by atoms with Crippen LogP contribution in [-0.2, 0) is 11.3 Å². The molecule has 2 fully saturated rings. The lowest BCUT2D eigenvalue weighted by atomic mass is 10.1. The minimum absolute atomic E-state index is 0.258. The lowest BCUT2D eigenvalue weighted by Crippen LogP contribution is -2.36. The molecule has 7 heteroatoms. The molecule has 150 valence electrons. The van der Waals surface area contributed by atoms with Gasteiger partial charge in [-0.2, -0.15) is 0 Å². The van der Waals surface area contributed by atoms with Crippen LogP contribution in [0.3, 0.4) is 0 Å². The van der Waals surface area contributed by atoms with Gasteiger partial charge in [-0.05, 0) is 55.7 Å². The molecule has 1 aliphatic heterocycles. The summed E-state index contributed by atoms with van der Waals surface area (Å²) < 4.78 is 19.9. The number of urea groups is 1. The Kier molecular flexibility index (Phi) is 7.29. The van der Waals surface area contributed by atoms with Crippen molar-refractivity contribution in [2.75, 3.05) is 37.7 Å². The SMILES string of the molecule is O=C(NCCCOCC1CC1)NCc1ccc(N2CCC(O)CC2)c(F)c1. The van der Waals surface area contributed by atoms with Crippen LogP contribution in [0.15, 0.2) is 18.2 Å². The summed E-state index contributed by atoms with van der Waals surface area (Å²) >= 11 is 0. The number of hydrogen-bond donors (Lipinski definition) is 3. The van der Waals surface area contributed by atoms with Gasteiger partial charge in [-0.15, -0.1) is 0 Å². The third-order valence-electron chi connectivity index (χ3n) is 5.07. The Morgan fingerprint density at radius 1 is 1.22 bits per heavy atom. The van der Waals surface area contributed by atoms with Crippen LogP contribution >= 0.6 is 0 Å². The minimum Gasteiger partial charge on any atom is -0.393 e. The van der Waals surface area contributed by atoms with Crippen molar-refractivity contribution in [3.8, 4) is 0 Å². The number of anilines is 1. The summed E-state index contributed by atoms with van der Waals surface area (Å²) in [4.78, 5) is 13.8. The minimum atomic E-state index is -0.293. The molecule has 27 heavy (non-hydrogen) atoms. The van der Waals surface area contributed by atoms with E-state index in [2.05, 4.69) is 10.6 Å².